The van der Waals surface area contributed by atoms with E-state index < -0.39 is 11.5 Å². The standard InChI is InChI=1S/C18H18BrClN4O3S2/c1-10-15(8-26-10)27-18(29-13-2-12(19)4-21-5-13)14(25)7-24-6-11(3-22-24)17-23-16(20)9-28-17/h2-6,9-10,14-15,18,25H,7-8H2,1H3/t10?,14-,15?,18?/m0/s1. The lowest BCUT2D eigenvalue weighted by Crippen LogP contribution is -2.48. The summed E-state index contributed by atoms with van der Waals surface area (Å²) in [5.74, 6) is 0. The highest BCUT2D eigenvalue weighted by molar-refractivity contribution is 9.10. The van der Waals surface area contributed by atoms with E-state index in [1.807, 2.05) is 19.2 Å². The summed E-state index contributed by atoms with van der Waals surface area (Å²) in [6.07, 6.45) is 6.19. The summed E-state index contributed by atoms with van der Waals surface area (Å²) in [6.45, 7) is 2.76. The lowest BCUT2D eigenvalue weighted by molar-refractivity contribution is -0.196. The van der Waals surface area contributed by atoms with E-state index >= 15 is 0 Å². The van der Waals surface area contributed by atoms with Crippen molar-refractivity contribution in [1.29, 1.82) is 0 Å². The lowest BCUT2D eigenvalue weighted by atomic mass is 10.1. The van der Waals surface area contributed by atoms with Gasteiger partial charge < -0.3 is 14.6 Å². The number of pyridine rings is 1. The molecule has 0 radical (unpaired) electrons. The maximum atomic E-state index is 10.9. The summed E-state index contributed by atoms with van der Waals surface area (Å²) in [5, 5.41) is 18.3. The number of aliphatic hydroxyl groups excluding tert-OH is 1. The minimum absolute atomic E-state index is 0.0110. The maximum Gasteiger partial charge on any atom is 0.140 e. The molecule has 11 heteroatoms. The van der Waals surface area contributed by atoms with Gasteiger partial charge in [-0.2, -0.15) is 5.10 Å². The molecule has 1 aliphatic rings. The number of aliphatic hydroxyl groups is 1. The van der Waals surface area contributed by atoms with Gasteiger partial charge in [0, 0.05) is 38.9 Å². The molecular weight excluding hydrogens is 500 g/mol. The van der Waals surface area contributed by atoms with Crippen molar-refractivity contribution in [2.75, 3.05) is 6.61 Å². The Labute approximate surface area is 189 Å². The molecule has 1 aliphatic heterocycles. The SMILES string of the molecule is CC1OCC1OC(Sc1cncc(Br)c1)[C@@H](O)Cn1cc(-c2nc(Cl)cs2)cn1. The molecular formula is C18H18BrClN4O3S2. The summed E-state index contributed by atoms with van der Waals surface area (Å²) in [4.78, 5) is 9.34. The number of hydrogen-bond donors (Lipinski definition) is 1. The van der Waals surface area contributed by atoms with Crippen LogP contribution in [0.15, 0.2) is 45.6 Å². The van der Waals surface area contributed by atoms with Crippen molar-refractivity contribution < 1.29 is 14.6 Å². The molecule has 29 heavy (non-hydrogen) atoms. The molecule has 3 unspecified atom stereocenters. The van der Waals surface area contributed by atoms with E-state index in [1.54, 1.807) is 28.7 Å². The molecule has 1 N–H and O–H groups in total. The number of thioether (sulfide) groups is 1. The predicted molar refractivity (Wildman–Crippen MR) is 116 cm³/mol. The largest absolute Gasteiger partial charge is 0.388 e. The quantitative estimate of drug-likeness (QED) is 0.356. The molecule has 0 aliphatic carbocycles. The Morgan fingerprint density at radius 3 is 3.00 bits per heavy atom. The topological polar surface area (TPSA) is 82.3 Å². The van der Waals surface area contributed by atoms with Gasteiger partial charge in [0.15, 0.2) is 0 Å². The van der Waals surface area contributed by atoms with E-state index in [4.69, 9.17) is 21.1 Å². The van der Waals surface area contributed by atoms with Crippen molar-refractivity contribution in [1.82, 2.24) is 19.7 Å². The van der Waals surface area contributed by atoms with Gasteiger partial charge in [-0.3, -0.25) is 9.67 Å². The second-order valence-corrected chi connectivity index (χ2v) is 9.86. The first-order chi connectivity index (χ1) is 14.0. The zero-order chi connectivity index (χ0) is 20.4. The van der Waals surface area contributed by atoms with Gasteiger partial charge in [-0.15, -0.1) is 11.3 Å². The Balaban J connectivity index is 1.46. The fourth-order valence-electron chi connectivity index (χ4n) is 2.72. The van der Waals surface area contributed by atoms with Gasteiger partial charge in [-0.25, -0.2) is 4.98 Å². The van der Waals surface area contributed by atoms with Gasteiger partial charge in [0.1, 0.15) is 27.8 Å². The van der Waals surface area contributed by atoms with Crippen LogP contribution in [-0.2, 0) is 16.0 Å². The Hall–Kier alpha value is -1.01. The minimum Gasteiger partial charge on any atom is -0.388 e. The molecule has 0 aromatic carbocycles. The van der Waals surface area contributed by atoms with Crippen LogP contribution in [-0.4, -0.2) is 55.2 Å². The Morgan fingerprint density at radius 1 is 1.48 bits per heavy atom. The fraction of sp³-hybridized carbons (Fsp3) is 0.389. The Morgan fingerprint density at radius 2 is 2.34 bits per heavy atom. The van der Waals surface area contributed by atoms with Crippen LogP contribution in [0.1, 0.15) is 6.92 Å². The van der Waals surface area contributed by atoms with E-state index in [-0.39, 0.29) is 18.8 Å². The third-order valence-corrected chi connectivity index (χ3v) is 7.13. The van der Waals surface area contributed by atoms with Gasteiger partial charge in [0.05, 0.1) is 25.5 Å². The van der Waals surface area contributed by atoms with Crippen molar-refractivity contribution in [3.8, 4) is 10.6 Å². The third kappa shape index (κ3) is 5.38. The molecule has 7 nitrogen and oxygen atoms in total. The number of ether oxygens (including phenoxy) is 2. The Kier molecular flexibility index (Phi) is 6.90. The first-order valence-electron chi connectivity index (χ1n) is 8.84. The van der Waals surface area contributed by atoms with Gasteiger partial charge >= 0.3 is 0 Å². The van der Waals surface area contributed by atoms with Gasteiger partial charge in [0.2, 0.25) is 0 Å². The average Bonchev–Trinajstić information content (AvgIpc) is 3.32. The van der Waals surface area contributed by atoms with Gasteiger partial charge in [-0.05, 0) is 28.9 Å². The van der Waals surface area contributed by atoms with Crippen LogP contribution in [0.4, 0.5) is 0 Å². The predicted octanol–water partition coefficient (Wildman–Crippen LogP) is 4.10. The highest BCUT2D eigenvalue weighted by Gasteiger charge is 2.34. The number of thiazole rings is 1. The molecule has 4 heterocycles. The number of hydrogen-bond acceptors (Lipinski definition) is 8. The molecule has 0 spiro atoms. The second kappa shape index (κ2) is 9.42. The molecule has 3 aromatic heterocycles. The van der Waals surface area contributed by atoms with Gasteiger partial charge in [-0.1, -0.05) is 23.4 Å². The van der Waals surface area contributed by atoms with Gasteiger partial charge in [0.25, 0.3) is 0 Å². The van der Waals surface area contributed by atoms with Crippen LogP contribution in [0.5, 0.6) is 0 Å². The Bertz CT molecular complexity index is 972. The van der Waals surface area contributed by atoms with E-state index in [1.165, 1.54) is 23.1 Å². The minimum atomic E-state index is -0.792. The van der Waals surface area contributed by atoms with E-state index in [0.29, 0.717) is 11.8 Å². The van der Waals surface area contributed by atoms with Crippen LogP contribution in [0.2, 0.25) is 5.15 Å². The monoisotopic (exact) mass is 516 g/mol. The molecule has 0 saturated carbocycles. The van der Waals surface area contributed by atoms with Crippen molar-refractivity contribution >= 4 is 50.6 Å². The molecule has 1 saturated heterocycles. The average molecular weight is 518 g/mol. The summed E-state index contributed by atoms with van der Waals surface area (Å²) >= 11 is 12.2. The van der Waals surface area contributed by atoms with E-state index in [9.17, 15) is 5.11 Å². The van der Waals surface area contributed by atoms with Crippen LogP contribution in [0.3, 0.4) is 0 Å². The highest BCUT2D eigenvalue weighted by atomic mass is 79.9. The number of nitrogens with zero attached hydrogens (tertiary/aromatic N) is 4. The normalized spacial score (nSPS) is 21.0. The third-order valence-electron chi connectivity index (χ3n) is 4.33. The lowest BCUT2D eigenvalue weighted by Gasteiger charge is -2.37. The molecule has 4 rings (SSSR count). The molecule has 3 aromatic rings. The second-order valence-electron chi connectivity index (χ2n) is 6.53. The molecule has 0 bridgehead atoms. The van der Waals surface area contributed by atoms with E-state index in [0.717, 1.165) is 19.9 Å². The first-order valence-corrected chi connectivity index (χ1v) is 11.8. The van der Waals surface area contributed by atoms with Crippen molar-refractivity contribution in [2.45, 2.75) is 42.1 Å². The molecule has 4 atom stereocenters. The fourth-order valence-corrected chi connectivity index (χ4v) is 5.18. The van der Waals surface area contributed by atoms with Crippen LogP contribution in [0, 0.1) is 0 Å². The highest BCUT2D eigenvalue weighted by Crippen LogP contribution is 2.32. The van der Waals surface area contributed by atoms with Crippen LogP contribution >= 0.6 is 50.6 Å². The van der Waals surface area contributed by atoms with Crippen molar-refractivity contribution in [3.63, 3.8) is 0 Å². The van der Waals surface area contributed by atoms with Crippen LogP contribution in [0.25, 0.3) is 10.6 Å². The molecule has 154 valence electrons. The zero-order valence-electron chi connectivity index (χ0n) is 15.3. The first kappa shape index (κ1) is 21.2. The molecule has 1 fully saturated rings. The maximum absolute atomic E-state index is 10.9. The summed E-state index contributed by atoms with van der Waals surface area (Å²) in [7, 11) is 0. The summed E-state index contributed by atoms with van der Waals surface area (Å²) in [5.41, 5.74) is 0.362. The van der Waals surface area contributed by atoms with Crippen LogP contribution < -0.4 is 0 Å². The summed E-state index contributed by atoms with van der Waals surface area (Å²) in [6, 6.07) is 1.94. The zero-order valence-corrected chi connectivity index (χ0v) is 19.3. The van der Waals surface area contributed by atoms with Crippen molar-refractivity contribution in [3.05, 3.63) is 45.9 Å². The molecule has 0 amide bonds. The summed E-state index contributed by atoms with van der Waals surface area (Å²) < 4.78 is 14.1. The smallest absolute Gasteiger partial charge is 0.140 e. The number of halogens is 2. The number of aromatic nitrogens is 4. The van der Waals surface area contributed by atoms with Crippen molar-refractivity contribution in [2.24, 2.45) is 0 Å². The van der Waals surface area contributed by atoms with E-state index in [2.05, 4.69) is 31.0 Å². The number of rotatable bonds is 8.